The summed E-state index contributed by atoms with van der Waals surface area (Å²) in [6, 6.07) is 0. The van der Waals surface area contributed by atoms with Gasteiger partial charge in [0, 0.05) is 0 Å². The Hall–Kier alpha value is -0.530. The Bertz CT molecular complexity index is 111. The van der Waals surface area contributed by atoms with Crippen LogP contribution in [0.25, 0.3) is 0 Å². The number of hydrogen-bond donors (Lipinski definition) is 0. The number of carbonyl (C=O) groups is 1. The third-order valence-corrected chi connectivity index (χ3v) is 1.76. The van der Waals surface area contributed by atoms with Crippen LogP contribution in [-0.2, 0) is 9.53 Å². The molecule has 0 heterocycles. The molecule has 0 aromatic heterocycles. The lowest BCUT2D eigenvalue weighted by Crippen LogP contribution is -2.14. The van der Waals surface area contributed by atoms with Crippen molar-refractivity contribution in [1.82, 2.24) is 0 Å². The van der Waals surface area contributed by atoms with Crippen LogP contribution in [0.2, 0.25) is 0 Å². The van der Waals surface area contributed by atoms with Gasteiger partial charge in [-0.05, 0) is 12.8 Å². The van der Waals surface area contributed by atoms with Crippen molar-refractivity contribution in [3.63, 3.8) is 0 Å². The number of rotatable bonds is 5. The van der Waals surface area contributed by atoms with E-state index in [1.54, 1.807) is 0 Å². The zero-order chi connectivity index (χ0) is 8.69. The highest BCUT2D eigenvalue weighted by Crippen LogP contribution is 2.03. The van der Waals surface area contributed by atoms with Gasteiger partial charge >= 0.3 is 5.97 Å². The van der Waals surface area contributed by atoms with Crippen LogP contribution >= 0.6 is 0 Å². The van der Waals surface area contributed by atoms with E-state index in [1.165, 1.54) is 0 Å². The van der Waals surface area contributed by atoms with Gasteiger partial charge < -0.3 is 4.74 Å². The normalized spacial score (nSPS) is 10.7. The van der Waals surface area contributed by atoms with Gasteiger partial charge in [0.1, 0.15) is 0 Å². The highest BCUT2D eigenvalue weighted by atomic mass is 16.5. The molecule has 82 valence electrons. The summed E-state index contributed by atoms with van der Waals surface area (Å²) in [6.45, 7) is 6.55. The Morgan fingerprint density at radius 2 is 1.85 bits per heavy atom. The van der Waals surface area contributed by atoms with Gasteiger partial charge in [-0.25, -0.2) is 0 Å². The predicted octanol–water partition coefficient (Wildman–Crippen LogP) is 3.65. The van der Waals surface area contributed by atoms with E-state index < -0.39 is 0 Å². The van der Waals surface area contributed by atoms with Crippen LogP contribution in [0.5, 0.6) is 0 Å². The first-order valence-corrected chi connectivity index (χ1v) is 4.39. The number of hydrogen-bond acceptors (Lipinski definition) is 2. The molecule has 13 heavy (non-hydrogen) atoms. The maximum atomic E-state index is 11.0. The van der Waals surface area contributed by atoms with Crippen LogP contribution in [-0.4, -0.2) is 12.6 Å². The third-order valence-electron chi connectivity index (χ3n) is 1.76. The van der Waals surface area contributed by atoms with Crippen LogP contribution in [0, 0.1) is 5.92 Å². The van der Waals surface area contributed by atoms with Crippen molar-refractivity contribution in [2.75, 3.05) is 6.61 Å². The van der Waals surface area contributed by atoms with Gasteiger partial charge in [0.2, 0.25) is 0 Å². The van der Waals surface area contributed by atoms with E-state index in [9.17, 15) is 4.79 Å². The Balaban J connectivity index is -0.000000500. The van der Waals surface area contributed by atoms with Crippen molar-refractivity contribution in [3.8, 4) is 0 Å². The lowest BCUT2D eigenvalue weighted by Gasteiger charge is -2.07. The summed E-state index contributed by atoms with van der Waals surface area (Å²) in [5.41, 5.74) is 0. The average molecular weight is 190 g/mol. The van der Waals surface area contributed by atoms with Crippen LogP contribution < -0.4 is 0 Å². The molecule has 0 N–H and O–H groups in total. The fraction of sp³-hybridized carbons (Fsp3) is 0.909. The fourth-order valence-corrected chi connectivity index (χ4v) is 0.626. The lowest BCUT2D eigenvalue weighted by atomic mass is 10.1. The molecular formula is C11H26O2. The van der Waals surface area contributed by atoms with E-state index in [0.717, 1.165) is 19.3 Å². The molecule has 0 spiro atoms. The first kappa shape index (κ1) is 18.3. The highest BCUT2D eigenvalue weighted by molar-refractivity contribution is 5.71. The fourth-order valence-electron chi connectivity index (χ4n) is 0.626. The second-order valence-corrected chi connectivity index (χ2v) is 2.83. The van der Waals surface area contributed by atoms with E-state index in [1.807, 2.05) is 13.8 Å². The standard InChI is InChI=1S/C9H18O2.2CH4/c1-4-6-7-11-9(10)8(3)5-2;;/h8H,4-7H2,1-3H3;2*1H4. The van der Waals surface area contributed by atoms with E-state index in [0.29, 0.717) is 6.61 Å². The van der Waals surface area contributed by atoms with Gasteiger partial charge in [-0.3, -0.25) is 4.79 Å². The molecule has 0 radical (unpaired) electrons. The minimum absolute atomic E-state index is 0. The van der Waals surface area contributed by atoms with E-state index in [4.69, 9.17) is 4.74 Å². The molecular weight excluding hydrogens is 164 g/mol. The Morgan fingerprint density at radius 1 is 1.31 bits per heavy atom. The summed E-state index contributed by atoms with van der Waals surface area (Å²) in [5.74, 6) is 0.00723. The third kappa shape index (κ3) is 9.38. The molecule has 2 nitrogen and oxygen atoms in total. The van der Waals surface area contributed by atoms with Gasteiger partial charge in [0.15, 0.2) is 0 Å². The topological polar surface area (TPSA) is 26.3 Å². The van der Waals surface area contributed by atoms with Crippen LogP contribution in [0.1, 0.15) is 54.9 Å². The Kier molecular flexibility index (Phi) is 16.1. The van der Waals surface area contributed by atoms with Crippen LogP contribution in [0.3, 0.4) is 0 Å². The molecule has 0 amide bonds. The molecule has 0 rings (SSSR count). The van der Waals surface area contributed by atoms with Crippen molar-refractivity contribution < 1.29 is 9.53 Å². The molecule has 1 atom stereocenters. The van der Waals surface area contributed by atoms with Crippen LogP contribution in [0.15, 0.2) is 0 Å². The molecule has 0 aliphatic heterocycles. The number of carbonyl (C=O) groups excluding carboxylic acids is 1. The lowest BCUT2D eigenvalue weighted by molar-refractivity contribution is -0.148. The maximum absolute atomic E-state index is 11.0. The van der Waals surface area contributed by atoms with Crippen molar-refractivity contribution in [3.05, 3.63) is 0 Å². The minimum atomic E-state index is -0.0547. The largest absolute Gasteiger partial charge is 0.465 e. The number of ether oxygens (including phenoxy) is 1. The van der Waals surface area contributed by atoms with Gasteiger partial charge in [0.25, 0.3) is 0 Å². The van der Waals surface area contributed by atoms with Crippen LogP contribution in [0.4, 0.5) is 0 Å². The van der Waals surface area contributed by atoms with Crippen molar-refractivity contribution in [2.24, 2.45) is 5.92 Å². The molecule has 1 unspecified atom stereocenters. The molecule has 0 aromatic rings. The van der Waals surface area contributed by atoms with Gasteiger partial charge in [0.05, 0.1) is 12.5 Å². The summed E-state index contributed by atoms with van der Waals surface area (Å²) in [4.78, 5) is 11.0. The summed E-state index contributed by atoms with van der Waals surface area (Å²) in [6.07, 6.45) is 2.92. The van der Waals surface area contributed by atoms with Crippen molar-refractivity contribution in [2.45, 2.75) is 54.9 Å². The SMILES string of the molecule is C.C.CCCCOC(=O)C(C)CC. The van der Waals surface area contributed by atoms with Gasteiger partial charge in [-0.2, -0.15) is 0 Å². The quantitative estimate of drug-likeness (QED) is 0.488. The summed E-state index contributed by atoms with van der Waals surface area (Å²) in [5, 5.41) is 0. The first-order valence-electron chi connectivity index (χ1n) is 4.39. The minimum Gasteiger partial charge on any atom is -0.465 e. The molecule has 0 aromatic carbocycles. The van der Waals surface area contributed by atoms with Gasteiger partial charge in [-0.15, -0.1) is 0 Å². The second kappa shape index (κ2) is 11.5. The predicted molar refractivity (Wildman–Crippen MR) is 58.8 cm³/mol. The first-order chi connectivity index (χ1) is 5.22. The van der Waals surface area contributed by atoms with Crippen molar-refractivity contribution >= 4 is 5.97 Å². The van der Waals surface area contributed by atoms with E-state index >= 15 is 0 Å². The second-order valence-electron chi connectivity index (χ2n) is 2.83. The van der Waals surface area contributed by atoms with Crippen molar-refractivity contribution in [1.29, 1.82) is 0 Å². The molecule has 2 heteroatoms. The monoisotopic (exact) mass is 190 g/mol. The Morgan fingerprint density at radius 3 is 2.23 bits per heavy atom. The van der Waals surface area contributed by atoms with E-state index in [2.05, 4.69) is 6.92 Å². The van der Waals surface area contributed by atoms with Gasteiger partial charge in [-0.1, -0.05) is 42.0 Å². The summed E-state index contributed by atoms with van der Waals surface area (Å²) in [7, 11) is 0. The molecule has 0 saturated carbocycles. The average Bonchev–Trinajstić information content (AvgIpc) is 2.03. The number of esters is 1. The molecule has 0 aliphatic carbocycles. The zero-order valence-corrected chi connectivity index (χ0v) is 7.72. The summed E-state index contributed by atoms with van der Waals surface area (Å²) < 4.78 is 5.00. The maximum Gasteiger partial charge on any atom is 0.308 e. The smallest absolute Gasteiger partial charge is 0.308 e. The Labute approximate surface area is 83.7 Å². The highest BCUT2D eigenvalue weighted by Gasteiger charge is 2.10. The summed E-state index contributed by atoms with van der Waals surface area (Å²) >= 11 is 0. The molecule has 0 fully saturated rings. The van der Waals surface area contributed by atoms with E-state index in [-0.39, 0.29) is 26.7 Å². The molecule has 0 aliphatic rings. The number of unbranched alkanes of at least 4 members (excludes halogenated alkanes) is 1. The zero-order valence-electron chi connectivity index (χ0n) is 7.72. The molecule has 0 bridgehead atoms. The molecule has 0 saturated heterocycles.